The average molecular weight is 301 g/mol. The van der Waals surface area contributed by atoms with Crippen molar-refractivity contribution < 1.29 is 18.0 Å². The first-order valence-corrected chi connectivity index (χ1v) is 6.69. The smallest absolute Gasteiger partial charge is 0.332 e. The van der Waals surface area contributed by atoms with Gasteiger partial charge in [0, 0.05) is 31.7 Å². The number of hydrogen-bond donors (Lipinski definition) is 1. The maximum atomic E-state index is 12.5. The van der Waals surface area contributed by atoms with Gasteiger partial charge in [0.25, 0.3) is 5.91 Å². The molecule has 1 aromatic carbocycles. The van der Waals surface area contributed by atoms with Crippen LogP contribution in [-0.4, -0.2) is 55.0 Å². The third-order valence-corrected chi connectivity index (χ3v) is 3.68. The molecule has 116 valence electrons. The van der Waals surface area contributed by atoms with E-state index in [1.165, 1.54) is 12.1 Å². The highest BCUT2D eigenvalue weighted by atomic mass is 19.4. The molecule has 7 heteroatoms. The van der Waals surface area contributed by atoms with Gasteiger partial charge in [0.1, 0.15) is 0 Å². The van der Waals surface area contributed by atoms with E-state index < -0.39 is 11.7 Å². The number of carbonyl (C=O) groups excluding carboxylic acids is 1. The molecule has 1 fully saturated rings. The third kappa shape index (κ3) is 3.54. The Hall–Kier alpha value is -1.60. The van der Waals surface area contributed by atoms with E-state index in [1.807, 2.05) is 7.05 Å². The Bertz CT molecular complexity index is 501. The van der Waals surface area contributed by atoms with Gasteiger partial charge in [0.15, 0.2) is 0 Å². The number of nitrogens with two attached hydrogens (primary N) is 1. The van der Waals surface area contributed by atoms with Crippen LogP contribution in [0.2, 0.25) is 0 Å². The Morgan fingerprint density at radius 3 is 2.43 bits per heavy atom. The number of benzene rings is 1. The van der Waals surface area contributed by atoms with Crippen LogP contribution in [0.15, 0.2) is 24.3 Å². The molecule has 0 aliphatic carbocycles. The molecule has 1 saturated heterocycles. The molecule has 4 nitrogen and oxygen atoms in total. The molecule has 0 bridgehead atoms. The van der Waals surface area contributed by atoms with Gasteiger partial charge in [-0.3, -0.25) is 4.79 Å². The van der Waals surface area contributed by atoms with E-state index in [0.29, 0.717) is 19.6 Å². The van der Waals surface area contributed by atoms with Crippen molar-refractivity contribution in [2.45, 2.75) is 12.2 Å². The molecule has 1 heterocycles. The van der Waals surface area contributed by atoms with E-state index in [0.717, 1.165) is 18.7 Å². The van der Waals surface area contributed by atoms with Crippen molar-refractivity contribution in [3.05, 3.63) is 35.4 Å². The van der Waals surface area contributed by atoms with Crippen LogP contribution in [0.4, 0.5) is 13.2 Å². The summed E-state index contributed by atoms with van der Waals surface area (Å²) in [5, 5.41) is 0. The van der Waals surface area contributed by atoms with E-state index in [-0.39, 0.29) is 17.5 Å². The third-order valence-electron chi connectivity index (χ3n) is 3.68. The first-order valence-electron chi connectivity index (χ1n) is 6.69. The summed E-state index contributed by atoms with van der Waals surface area (Å²) in [5.74, 6) is -0.271. The lowest BCUT2D eigenvalue weighted by atomic mass is 10.1. The number of alkyl halides is 3. The van der Waals surface area contributed by atoms with Gasteiger partial charge in [0.2, 0.25) is 0 Å². The van der Waals surface area contributed by atoms with E-state index in [9.17, 15) is 18.0 Å². The van der Waals surface area contributed by atoms with Gasteiger partial charge in [-0.2, -0.15) is 13.2 Å². The standard InChI is InChI=1S/C14H18F3N3O/c1-19-6-7-20(12(8-18)9-19)13(21)10-2-4-11(5-3-10)14(15,16)17/h2-5,12H,6-9,18H2,1H3. The molecule has 1 aliphatic heterocycles. The number of hydrogen-bond acceptors (Lipinski definition) is 3. The molecule has 21 heavy (non-hydrogen) atoms. The molecule has 1 aliphatic rings. The summed E-state index contributed by atoms with van der Waals surface area (Å²) in [6, 6.07) is 4.19. The predicted molar refractivity (Wildman–Crippen MR) is 72.8 cm³/mol. The monoisotopic (exact) mass is 301 g/mol. The van der Waals surface area contributed by atoms with E-state index in [4.69, 9.17) is 5.73 Å². The van der Waals surface area contributed by atoms with Crippen LogP contribution in [0.5, 0.6) is 0 Å². The summed E-state index contributed by atoms with van der Waals surface area (Å²) < 4.78 is 37.6. The van der Waals surface area contributed by atoms with Crippen molar-refractivity contribution in [3.8, 4) is 0 Å². The van der Waals surface area contributed by atoms with E-state index in [1.54, 1.807) is 4.90 Å². The van der Waals surface area contributed by atoms with Crippen LogP contribution in [-0.2, 0) is 6.18 Å². The molecule has 1 aromatic rings. The molecule has 0 aromatic heterocycles. The zero-order valence-corrected chi connectivity index (χ0v) is 11.7. The summed E-state index contributed by atoms with van der Waals surface area (Å²) in [7, 11) is 1.95. The Kier molecular flexibility index (Phi) is 4.53. The largest absolute Gasteiger partial charge is 0.416 e. The fourth-order valence-corrected chi connectivity index (χ4v) is 2.45. The predicted octanol–water partition coefficient (Wildman–Crippen LogP) is 1.42. The number of rotatable bonds is 2. The highest BCUT2D eigenvalue weighted by Crippen LogP contribution is 2.29. The summed E-state index contributed by atoms with van der Waals surface area (Å²) in [6.45, 7) is 2.25. The lowest BCUT2D eigenvalue weighted by Gasteiger charge is -2.39. The van der Waals surface area contributed by atoms with Crippen LogP contribution < -0.4 is 5.73 Å². The van der Waals surface area contributed by atoms with Crippen molar-refractivity contribution in [2.24, 2.45) is 5.73 Å². The SMILES string of the molecule is CN1CCN(C(=O)c2ccc(C(F)(F)F)cc2)C(CN)C1. The highest BCUT2D eigenvalue weighted by molar-refractivity contribution is 5.94. The maximum Gasteiger partial charge on any atom is 0.416 e. The van der Waals surface area contributed by atoms with Gasteiger partial charge >= 0.3 is 6.18 Å². The molecular formula is C14H18F3N3O. The molecule has 0 saturated carbocycles. The molecule has 0 spiro atoms. The van der Waals surface area contributed by atoms with Gasteiger partial charge in [0.05, 0.1) is 11.6 Å². The minimum atomic E-state index is -4.39. The number of halogens is 3. The van der Waals surface area contributed by atoms with Crippen LogP contribution in [0, 0.1) is 0 Å². The second kappa shape index (κ2) is 6.03. The van der Waals surface area contributed by atoms with Gasteiger partial charge in [-0.15, -0.1) is 0 Å². The zero-order valence-electron chi connectivity index (χ0n) is 11.7. The second-order valence-electron chi connectivity index (χ2n) is 5.23. The van der Waals surface area contributed by atoms with E-state index >= 15 is 0 Å². The maximum absolute atomic E-state index is 12.5. The number of amides is 1. The Morgan fingerprint density at radius 2 is 1.90 bits per heavy atom. The van der Waals surface area contributed by atoms with Crippen molar-refractivity contribution in [1.82, 2.24) is 9.80 Å². The Balaban J connectivity index is 2.16. The number of likely N-dealkylation sites (N-methyl/N-ethyl adjacent to an activating group) is 1. The topological polar surface area (TPSA) is 49.6 Å². The highest BCUT2D eigenvalue weighted by Gasteiger charge is 2.32. The molecule has 1 amide bonds. The van der Waals surface area contributed by atoms with Crippen LogP contribution in [0.25, 0.3) is 0 Å². The average Bonchev–Trinajstić information content (AvgIpc) is 2.45. The van der Waals surface area contributed by atoms with E-state index in [2.05, 4.69) is 4.90 Å². The van der Waals surface area contributed by atoms with Crippen molar-refractivity contribution in [2.75, 3.05) is 33.2 Å². The summed E-state index contributed by atoms with van der Waals surface area (Å²) in [4.78, 5) is 16.1. The van der Waals surface area contributed by atoms with Crippen LogP contribution >= 0.6 is 0 Å². The van der Waals surface area contributed by atoms with Crippen molar-refractivity contribution in [3.63, 3.8) is 0 Å². The van der Waals surface area contributed by atoms with Gasteiger partial charge in [-0.05, 0) is 31.3 Å². The molecule has 2 rings (SSSR count). The number of carbonyl (C=O) groups is 1. The minimum Gasteiger partial charge on any atom is -0.332 e. The van der Waals surface area contributed by atoms with Crippen LogP contribution in [0.1, 0.15) is 15.9 Å². The zero-order chi connectivity index (χ0) is 15.6. The lowest BCUT2D eigenvalue weighted by molar-refractivity contribution is -0.137. The summed E-state index contributed by atoms with van der Waals surface area (Å²) in [6.07, 6.45) is -4.39. The minimum absolute atomic E-state index is 0.112. The fourth-order valence-electron chi connectivity index (χ4n) is 2.45. The molecule has 0 radical (unpaired) electrons. The lowest BCUT2D eigenvalue weighted by Crippen LogP contribution is -2.56. The fraction of sp³-hybridized carbons (Fsp3) is 0.500. The molecule has 1 atom stereocenters. The molecular weight excluding hydrogens is 283 g/mol. The van der Waals surface area contributed by atoms with Crippen LogP contribution in [0.3, 0.4) is 0 Å². The quantitative estimate of drug-likeness (QED) is 0.899. The summed E-state index contributed by atoms with van der Waals surface area (Å²) >= 11 is 0. The Morgan fingerprint density at radius 1 is 1.29 bits per heavy atom. The number of nitrogens with zero attached hydrogens (tertiary/aromatic N) is 2. The first-order chi connectivity index (χ1) is 9.82. The van der Waals surface area contributed by atoms with Gasteiger partial charge < -0.3 is 15.5 Å². The first kappa shape index (κ1) is 15.8. The second-order valence-corrected chi connectivity index (χ2v) is 5.23. The van der Waals surface area contributed by atoms with Crippen molar-refractivity contribution >= 4 is 5.91 Å². The van der Waals surface area contributed by atoms with Gasteiger partial charge in [-0.1, -0.05) is 0 Å². The van der Waals surface area contributed by atoms with Gasteiger partial charge in [-0.25, -0.2) is 0 Å². The number of piperazine rings is 1. The summed E-state index contributed by atoms with van der Waals surface area (Å²) in [5.41, 5.74) is 5.18. The van der Waals surface area contributed by atoms with Crippen molar-refractivity contribution in [1.29, 1.82) is 0 Å². The molecule has 2 N–H and O–H groups in total. The molecule has 1 unspecified atom stereocenters. The Labute approximate surface area is 121 Å². The normalized spacial score (nSPS) is 20.6.